The van der Waals surface area contributed by atoms with Gasteiger partial charge in [-0.25, -0.2) is 4.68 Å². The molecule has 26 heavy (non-hydrogen) atoms. The van der Waals surface area contributed by atoms with Crippen LogP contribution in [0.4, 0.5) is 0 Å². The fourth-order valence-corrected chi connectivity index (χ4v) is 4.14. The van der Waals surface area contributed by atoms with Crippen LogP contribution in [0, 0.1) is 6.92 Å². The molecule has 0 spiro atoms. The number of hydrogen-bond acceptors (Lipinski definition) is 4. The average Bonchev–Trinajstić information content (AvgIpc) is 3.05. The summed E-state index contributed by atoms with van der Waals surface area (Å²) in [6.07, 6.45) is 0. The standard InChI is InChI=1S/C20H17N3O2S/c1-13-19-18(15-9-5-6-10-16(15)26-19)20(25)23(22-13)12-17(24)21-11-14-7-3-2-4-8-14/h2-10H,11-12H2,1H3,(H,21,24). The Morgan fingerprint density at radius 3 is 2.65 bits per heavy atom. The Bertz CT molecular complexity index is 1160. The molecular weight excluding hydrogens is 346 g/mol. The molecule has 0 bridgehead atoms. The molecule has 4 rings (SSSR count). The highest BCUT2D eigenvalue weighted by Gasteiger charge is 2.15. The number of thiophene rings is 1. The molecule has 1 amide bonds. The highest BCUT2D eigenvalue weighted by molar-refractivity contribution is 7.26. The molecule has 0 aliphatic rings. The monoisotopic (exact) mass is 363 g/mol. The largest absolute Gasteiger partial charge is 0.350 e. The van der Waals surface area contributed by atoms with Gasteiger partial charge < -0.3 is 5.32 Å². The van der Waals surface area contributed by atoms with E-state index in [0.717, 1.165) is 26.0 Å². The molecule has 0 atom stereocenters. The van der Waals surface area contributed by atoms with Crippen LogP contribution in [-0.4, -0.2) is 15.7 Å². The van der Waals surface area contributed by atoms with Crippen molar-refractivity contribution < 1.29 is 4.79 Å². The molecule has 0 saturated carbocycles. The molecule has 0 fully saturated rings. The predicted molar refractivity (Wildman–Crippen MR) is 104 cm³/mol. The van der Waals surface area contributed by atoms with E-state index >= 15 is 0 Å². The number of nitrogens with zero attached hydrogens (tertiary/aromatic N) is 2. The molecule has 130 valence electrons. The van der Waals surface area contributed by atoms with Gasteiger partial charge in [-0.3, -0.25) is 9.59 Å². The Labute approximate surface area is 153 Å². The van der Waals surface area contributed by atoms with E-state index in [1.807, 2.05) is 61.5 Å². The third-order valence-corrected chi connectivity index (χ3v) is 5.55. The van der Waals surface area contributed by atoms with Crippen LogP contribution in [0.5, 0.6) is 0 Å². The summed E-state index contributed by atoms with van der Waals surface area (Å²) in [5.74, 6) is -0.235. The maximum atomic E-state index is 12.9. The van der Waals surface area contributed by atoms with Crippen LogP contribution in [0.3, 0.4) is 0 Å². The van der Waals surface area contributed by atoms with Crippen molar-refractivity contribution in [2.45, 2.75) is 20.0 Å². The summed E-state index contributed by atoms with van der Waals surface area (Å²) in [5.41, 5.74) is 1.55. The lowest BCUT2D eigenvalue weighted by Gasteiger charge is -2.08. The average molecular weight is 363 g/mol. The summed E-state index contributed by atoms with van der Waals surface area (Å²) in [5, 5.41) is 8.75. The zero-order chi connectivity index (χ0) is 18.1. The van der Waals surface area contributed by atoms with Gasteiger partial charge in [0.25, 0.3) is 5.56 Å². The van der Waals surface area contributed by atoms with Crippen molar-refractivity contribution in [2.24, 2.45) is 0 Å². The van der Waals surface area contributed by atoms with Crippen LogP contribution < -0.4 is 10.9 Å². The Morgan fingerprint density at radius 2 is 1.85 bits per heavy atom. The summed E-state index contributed by atoms with van der Waals surface area (Å²) in [7, 11) is 0. The van der Waals surface area contributed by atoms with Gasteiger partial charge >= 0.3 is 0 Å². The Kier molecular flexibility index (Phi) is 4.26. The van der Waals surface area contributed by atoms with Gasteiger partial charge in [0.2, 0.25) is 5.91 Å². The topological polar surface area (TPSA) is 64.0 Å². The maximum Gasteiger partial charge on any atom is 0.276 e. The van der Waals surface area contributed by atoms with Gasteiger partial charge in [0.1, 0.15) is 6.54 Å². The van der Waals surface area contributed by atoms with Crippen LogP contribution >= 0.6 is 11.3 Å². The molecule has 2 aromatic heterocycles. The number of hydrogen-bond donors (Lipinski definition) is 1. The first-order valence-electron chi connectivity index (χ1n) is 8.33. The first-order chi connectivity index (χ1) is 12.6. The highest BCUT2D eigenvalue weighted by atomic mass is 32.1. The van der Waals surface area contributed by atoms with Gasteiger partial charge in [0.15, 0.2) is 0 Å². The van der Waals surface area contributed by atoms with E-state index in [2.05, 4.69) is 10.4 Å². The lowest BCUT2D eigenvalue weighted by Crippen LogP contribution is -2.33. The summed E-state index contributed by atoms with van der Waals surface area (Å²) in [4.78, 5) is 25.2. The fraction of sp³-hybridized carbons (Fsp3) is 0.150. The van der Waals surface area contributed by atoms with Crippen molar-refractivity contribution in [3.05, 3.63) is 76.2 Å². The maximum absolute atomic E-state index is 12.9. The number of aryl methyl sites for hydroxylation is 1. The van der Waals surface area contributed by atoms with E-state index in [9.17, 15) is 9.59 Å². The summed E-state index contributed by atoms with van der Waals surface area (Å²) < 4.78 is 3.20. The molecule has 5 nitrogen and oxygen atoms in total. The van der Waals surface area contributed by atoms with Gasteiger partial charge in [-0.05, 0) is 18.6 Å². The van der Waals surface area contributed by atoms with Crippen molar-refractivity contribution in [1.82, 2.24) is 15.1 Å². The van der Waals surface area contributed by atoms with Gasteiger partial charge in [-0.15, -0.1) is 11.3 Å². The van der Waals surface area contributed by atoms with E-state index in [-0.39, 0.29) is 18.0 Å². The SMILES string of the molecule is Cc1nn(CC(=O)NCc2ccccc2)c(=O)c2c1sc1ccccc12. The summed E-state index contributed by atoms with van der Waals surface area (Å²) >= 11 is 1.56. The number of carbonyl (C=O) groups excluding carboxylic acids is 1. The minimum Gasteiger partial charge on any atom is -0.350 e. The number of nitrogens with one attached hydrogen (secondary N) is 1. The van der Waals surface area contributed by atoms with Crippen LogP contribution in [-0.2, 0) is 17.9 Å². The number of aromatic nitrogens is 2. The van der Waals surface area contributed by atoms with Gasteiger partial charge in [0, 0.05) is 16.6 Å². The quantitative estimate of drug-likeness (QED) is 0.605. The molecule has 0 aliphatic heterocycles. The van der Waals surface area contributed by atoms with Crippen molar-refractivity contribution in [3.63, 3.8) is 0 Å². The molecular formula is C20H17N3O2S. The molecule has 0 radical (unpaired) electrons. The Morgan fingerprint density at radius 1 is 1.12 bits per heavy atom. The predicted octanol–water partition coefficient (Wildman–Crippen LogP) is 3.24. The lowest BCUT2D eigenvalue weighted by atomic mass is 10.2. The molecule has 0 saturated heterocycles. The van der Waals surface area contributed by atoms with Crippen molar-refractivity contribution in [1.29, 1.82) is 0 Å². The number of fused-ring (bicyclic) bond motifs is 3. The van der Waals surface area contributed by atoms with E-state index in [1.54, 1.807) is 11.3 Å². The molecule has 0 unspecified atom stereocenters. The van der Waals surface area contributed by atoms with Crippen molar-refractivity contribution >= 4 is 37.4 Å². The smallest absolute Gasteiger partial charge is 0.276 e. The molecule has 0 aliphatic carbocycles. The zero-order valence-electron chi connectivity index (χ0n) is 14.2. The number of benzene rings is 2. The van der Waals surface area contributed by atoms with Gasteiger partial charge in [0.05, 0.1) is 15.8 Å². The van der Waals surface area contributed by atoms with Crippen LogP contribution in [0.25, 0.3) is 20.2 Å². The van der Waals surface area contributed by atoms with Crippen LogP contribution in [0.1, 0.15) is 11.3 Å². The van der Waals surface area contributed by atoms with E-state index < -0.39 is 0 Å². The second kappa shape index (κ2) is 6.72. The Hall–Kier alpha value is -2.99. The van der Waals surface area contributed by atoms with Gasteiger partial charge in [-0.1, -0.05) is 48.5 Å². The number of rotatable bonds is 4. The van der Waals surface area contributed by atoms with Crippen LogP contribution in [0.2, 0.25) is 0 Å². The zero-order valence-corrected chi connectivity index (χ0v) is 15.0. The van der Waals surface area contributed by atoms with Gasteiger partial charge in [-0.2, -0.15) is 5.10 Å². The third kappa shape index (κ3) is 2.99. The first-order valence-corrected chi connectivity index (χ1v) is 9.15. The fourth-order valence-electron chi connectivity index (χ4n) is 3.01. The highest BCUT2D eigenvalue weighted by Crippen LogP contribution is 2.32. The Balaban J connectivity index is 1.64. The van der Waals surface area contributed by atoms with E-state index in [0.29, 0.717) is 11.9 Å². The second-order valence-corrected chi connectivity index (χ2v) is 7.17. The third-order valence-electron chi connectivity index (χ3n) is 4.27. The van der Waals surface area contributed by atoms with E-state index in [1.165, 1.54) is 4.68 Å². The minimum absolute atomic E-state index is 0.0907. The normalized spacial score (nSPS) is 11.1. The first kappa shape index (κ1) is 16.5. The molecule has 2 heterocycles. The molecule has 2 aromatic carbocycles. The number of carbonyl (C=O) groups is 1. The number of amides is 1. The summed E-state index contributed by atoms with van der Waals surface area (Å²) in [6.45, 7) is 2.21. The van der Waals surface area contributed by atoms with Crippen molar-refractivity contribution in [2.75, 3.05) is 0 Å². The van der Waals surface area contributed by atoms with E-state index in [4.69, 9.17) is 0 Å². The summed E-state index contributed by atoms with van der Waals surface area (Å²) in [6, 6.07) is 17.5. The second-order valence-electron chi connectivity index (χ2n) is 6.11. The molecule has 4 aromatic rings. The van der Waals surface area contributed by atoms with Crippen LogP contribution in [0.15, 0.2) is 59.4 Å². The molecule has 1 N–H and O–H groups in total. The minimum atomic E-state index is -0.235. The molecule has 6 heteroatoms. The van der Waals surface area contributed by atoms with Crippen molar-refractivity contribution in [3.8, 4) is 0 Å². The lowest BCUT2D eigenvalue weighted by molar-refractivity contribution is -0.122.